The molecule has 0 amide bonds. The summed E-state index contributed by atoms with van der Waals surface area (Å²) in [6, 6.07) is 5.58. The van der Waals surface area contributed by atoms with E-state index in [1.165, 1.54) is 12.0 Å². The Hall–Kier alpha value is -2.49. The van der Waals surface area contributed by atoms with Gasteiger partial charge in [-0.25, -0.2) is 13.4 Å². The number of hydrogen-bond acceptors (Lipinski definition) is 6. The van der Waals surface area contributed by atoms with E-state index >= 15 is 0 Å². The van der Waals surface area contributed by atoms with Crippen molar-refractivity contribution in [1.29, 1.82) is 0 Å². The number of benzene rings is 1. The number of sulfonamides is 1. The van der Waals surface area contributed by atoms with Gasteiger partial charge in [0, 0.05) is 51.0 Å². The summed E-state index contributed by atoms with van der Waals surface area (Å²) >= 11 is 0. The number of aromatic nitrogens is 3. The van der Waals surface area contributed by atoms with E-state index in [0.717, 1.165) is 42.5 Å². The molecule has 9 heteroatoms. The lowest BCUT2D eigenvalue weighted by Gasteiger charge is -2.27. The van der Waals surface area contributed by atoms with Crippen LogP contribution in [0.1, 0.15) is 35.2 Å². The summed E-state index contributed by atoms with van der Waals surface area (Å²) in [5, 5.41) is 4.76. The Labute approximate surface area is 181 Å². The fraction of sp³-hybridized carbons (Fsp3) is 0.455. The molecule has 3 aromatic rings. The van der Waals surface area contributed by atoms with E-state index in [9.17, 15) is 8.42 Å². The minimum atomic E-state index is -3.59. The number of fused-ring (bicyclic) bond motifs is 2. The summed E-state index contributed by atoms with van der Waals surface area (Å²) in [4.78, 5) is 4.64. The standard InChI is InChI=1S/C22H26N4O4S/c1-29-11-3-9-26-21-8-10-25(13-19(21)22(24-26)20-14-30-15-23-20)31(27,28)18-7-6-16-4-2-5-17(16)12-18/h6-7,12,14-15H,2-5,8-11,13H2,1H3. The molecule has 1 aliphatic carbocycles. The summed E-state index contributed by atoms with van der Waals surface area (Å²) in [5.74, 6) is 0. The fourth-order valence-corrected chi connectivity index (χ4v) is 6.07. The van der Waals surface area contributed by atoms with Crippen LogP contribution < -0.4 is 0 Å². The van der Waals surface area contributed by atoms with Crippen molar-refractivity contribution in [3.8, 4) is 11.4 Å². The largest absolute Gasteiger partial charge is 0.451 e. The Balaban J connectivity index is 1.48. The second-order valence-corrected chi connectivity index (χ2v) is 10.0. The van der Waals surface area contributed by atoms with Gasteiger partial charge in [0.15, 0.2) is 6.39 Å². The molecule has 8 nitrogen and oxygen atoms in total. The fourth-order valence-electron chi connectivity index (χ4n) is 4.61. The Bertz CT molecular complexity index is 1180. The maximum Gasteiger partial charge on any atom is 0.243 e. The first-order chi connectivity index (χ1) is 15.1. The summed E-state index contributed by atoms with van der Waals surface area (Å²) in [6.07, 6.45) is 7.44. The molecule has 5 rings (SSSR count). The van der Waals surface area contributed by atoms with Gasteiger partial charge < -0.3 is 9.15 Å². The third-order valence-corrected chi connectivity index (χ3v) is 8.04. The van der Waals surface area contributed by atoms with Crippen LogP contribution in [0.3, 0.4) is 0 Å². The summed E-state index contributed by atoms with van der Waals surface area (Å²) in [5.41, 5.74) is 5.71. The minimum absolute atomic E-state index is 0.279. The summed E-state index contributed by atoms with van der Waals surface area (Å²) in [6.45, 7) is 2.07. The first kappa shape index (κ1) is 20.4. The Kier molecular flexibility index (Phi) is 5.41. The van der Waals surface area contributed by atoms with Crippen LogP contribution in [0.25, 0.3) is 11.4 Å². The lowest BCUT2D eigenvalue weighted by Crippen LogP contribution is -2.36. The maximum absolute atomic E-state index is 13.5. The molecule has 0 atom stereocenters. The van der Waals surface area contributed by atoms with E-state index in [1.807, 2.05) is 16.8 Å². The first-order valence-corrected chi connectivity index (χ1v) is 12.1. The molecule has 0 fully saturated rings. The summed E-state index contributed by atoms with van der Waals surface area (Å²) in [7, 11) is -1.91. The van der Waals surface area contributed by atoms with Crippen molar-refractivity contribution in [3.63, 3.8) is 0 Å². The highest BCUT2D eigenvalue weighted by Crippen LogP contribution is 2.33. The number of ether oxygens (including phenoxy) is 1. The van der Waals surface area contributed by atoms with Gasteiger partial charge in [-0.3, -0.25) is 4.68 Å². The quantitative estimate of drug-likeness (QED) is 0.523. The molecule has 0 bridgehead atoms. The van der Waals surface area contributed by atoms with E-state index in [0.29, 0.717) is 42.4 Å². The lowest BCUT2D eigenvalue weighted by atomic mass is 10.1. The number of methoxy groups -OCH3 is 1. The van der Waals surface area contributed by atoms with Gasteiger partial charge in [0.2, 0.25) is 10.0 Å². The molecule has 0 spiro atoms. The van der Waals surface area contributed by atoms with E-state index in [-0.39, 0.29) is 6.54 Å². The van der Waals surface area contributed by atoms with Crippen molar-refractivity contribution in [1.82, 2.24) is 19.1 Å². The van der Waals surface area contributed by atoms with Crippen LogP contribution in [0.5, 0.6) is 0 Å². The van der Waals surface area contributed by atoms with Gasteiger partial charge in [0.1, 0.15) is 17.7 Å². The highest BCUT2D eigenvalue weighted by molar-refractivity contribution is 7.89. The van der Waals surface area contributed by atoms with Crippen LogP contribution in [-0.2, 0) is 47.1 Å². The smallest absolute Gasteiger partial charge is 0.243 e. The molecule has 0 unspecified atom stereocenters. The SMILES string of the molecule is COCCCn1nc(-c2cocn2)c2c1CCN(S(=O)(=O)c1ccc3c(c1)CCC3)C2. The number of aryl methyl sites for hydroxylation is 3. The van der Waals surface area contributed by atoms with Crippen molar-refractivity contribution in [3.05, 3.63) is 53.2 Å². The Morgan fingerprint density at radius 3 is 2.87 bits per heavy atom. The lowest BCUT2D eigenvalue weighted by molar-refractivity contribution is 0.188. The molecule has 2 aliphatic rings. The van der Waals surface area contributed by atoms with Gasteiger partial charge >= 0.3 is 0 Å². The van der Waals surface area contributed by atoms with Crippen LogP contribution in [0.2, 0.25) is 0 Å². The second-order valence-electron chi connectivity index (χ2n) is 8.09. The molecule has 0 N–H and O–H groups in total. The molecular weight excluding hydrogens is 416 g/mol. The summed E-state index contributed by atoms with van der Waals surface area (Å²) < 4.78 is 40.8. The zero-order valence-corrected chi connectivity index (χ0v) is 18.4. The molecule has 164 valence electrons. The topological polar surface area (TPSA) is 90.5 Å². The molecule has 0 saturated heterocycles. The molecule has 3 heterocycles. The van der Waals surface area contributed by atoms with E-state index in [4.69, 9.17) is 14.3 Å². The van der Waals surface area contributed by atoms with E-state index < -0.39 is 10.0 Å². The molecule has 31 heavy (non-hydrogen) atoms. The van der Waals surface area contributed by atoms with E-state index in [2.05, 4.69) is 4.98 Å². The number of oxazole rings is 1. The molecule has 1 aliphatic heterocycles. The van der Waals surface area contributed by atoms with Crippen LogP contribution in [0.4, 0.5) is 0 Å². The van der Waals surface area contributed by atoms with Crippen molar-refractivity contribution in [2.75, 3.05) is 20.3 Å². The highest BCUT2D eigenvalue weighted by Gasteiger charge is 2.33. The molecule has 2 aromatic heterocycles. The van der Waals surface area contributed by atoms with Crippen molar-refractivity contribution in [2.24, 2.45) is 0 Å². The second kappa shape index (κ2) is 8.22. The third kappa shape index (κ3) is 3.71. The maximum atomic E-state index is 13.5. The Morgan fingerprint density at radius 1 is 1.19 bits per heavy atom. The van der Waals surface area contributed by atoms with Gasteiger partial charge in [-0.1, -0.05) is 6.07 Å². The van der Waals surface area contributed by atoms with Crippen molar-refractivity contribution < 1.29 is 17.6 Å². The van der Waals surface area contributed by atoms with Crippen LogP contribution in [-0.4, -0.2) is 47.7 Å². The number of nitrogens with zero attached hydrogens (tertiary/aromatic N) is 4. The van der Waals surface area contributed by atoms with E-state index in [1.54, 1.807) is 23.7 Å². The van der Waals surface area contributed by atoms with Gasteiger partial charge in [-0.05, 0) is 48.9 Å². The minimum Gasteiger partial charge on any atom is -0.451 e. The molecule has 1 aromatic carbocycles. The van der Waals surface area contributed by atoms with Gasteiger partial charge in [0.05, 0.1) is 4.90 Å². The average molecular weight is 443 g/mol. The van der Waals surface area contributed by atoms with Gasteiger partial charge in [-0.15, -0.1) is 0 Å². The molecule has 0 saturated carbocycles. The zero-order chi connectivity index (χ0) is 21.4. The predicted octanol–water partition coefficient (Wildman–Crippen LogP) is 2.81. The highest BCUT2D eigenvalue weighted by atomic mass is 32.2. The van der Waals surface area contributed by atoms with Gasteiger partial charge in [0.25, 0.3) is 0 Å². The normalized spacial score (nSPS) is 16.4. The molecular formula is C22H26N4O4S. The van der Waals surface area contributed by atoms with Crippen molar-refractivity contribution in [2.45, 2.75) is 50.1 Å². The molecule has 0 radical (unpaired) electrons. The van der Waals surface area contributed by atoms with Crippen LogP contribution in [0.15, 0.2) is 40.2 Å². The monoisotopic (exact) mass is 442 g/mol. The third-order valence-electron chi connectivity index (χ3n) is 6.20. The number of hydrogen-bond donors (Lipinski definition) is 0. The number of rotatable bonds is 7. The Morgan fingerprint density at radius 2 is 2.06 bits per heavy atom. The van der Waals surface area contributed by atoms with Gasteiger partial charge in [-0.2, -0.15) is 9.40 Å². The zero-order valence-electron chi connectivity index (χ0n) is 17.6. The average Bonchev–Trinajstić information content (AvgIpc) is 3.52. The van der Waals surface area contributed by atoms with Crippen molar-refractivity contribution >= 4 is 10.0 Å². The first-order valence-electron chi connectivity index (χ1n) is 10.7. The van der Waals surface area contributed by atoms with Crippen LogP contribution in [0, 0.1) is 0 Å². The van der Waals surface area contributed by atoms with Crippen LogP contribution >= 0.6 is 0 Å². The predicted molar refractivity (Wildman–Crippen MR) is 114 cm³/mol.